The Morgan fingerprint density at radius 3 is 2.64 bits per heavy atom. The van der Waals surface area contributed by atoms with E-state index >= 15 is 0 Å². The highest BCUT2D eigenvalue weighted by Gasteiger charge is 2.12. The molecule has 0 amide bonds. The monoisotopic (exact) mass is 319 g/mol. The molecular weight excluding hydrogens is 306 g/mol. The van der Waals surface area contributed by atoms with E-state index < -0.39 is 0 Å². The van der Waals surface area contributed by atoms with Crippen molar-refractivity contribution in [1.82, 2.24) is 19.1 Å². The highest BCUT2D eigenvalue weighted by atomic mass is 35.5. The van der Waals surface area contributed by atoms with Gasteiger partial charge in [0.1, 0.15) is 6.33 Å². The molecule has 0 saturated carbocycles. The molecule has 0 saturated heterocycles. The second kappa shape index (κ2) is 5.34. The van der Waals surface area contributed by atoms with Crippen LogP contribution in [0.2, 0.25) is 5.15 Å². The van der Waals surface area contributed by atoms with Crippen molar-refractivity contribution >= 4 is 34.1 Å². The molecule has 0 radical (unpaired) electrons. The number of hydrogen-bond acceptors (Lipinski definition) is 5. The second-order valence-electron chi connectivity index (χ2n) is 4.78. The lowest BCUT2D eigenvalue weighted by Gasteiger charge is -2.10. The van der Waals surface area contributed by atoms with Gasteiger partial charge in [-0.3, -0.25) is 9.13 Å². The van der Waals surface area contributed by atoms with Crippen LogP contribution in [0.3, 0.4) is 0 Å². The van der Waals surface area contributed by atoms with Crippen molar-refractivity contribution < 1.29 is 4.74 Å². The molecule has 1 N–H and O–H groups in total. The van der Waals surface area contributed by atoms with E-state index in [0.29, 0.717) is 11.6 Å². The van der Waals surface area contributed by atoms with Crippen LogP contribution in [-0.4, -0.2) is 26.2 Å². The number of benzene rings is 1. The minimum absolute atomic E-state index is 0.0742. The normalized spacial score (nSPS) is 10.9. The molecular formula is C14H14ClN5O2. The topological polar surface area (TPSA) is 74.0 Å². The van der Waals surface area contributed by atoms with Crippen molar-refractivity contribution in [2.45, 2.75) is 0 Å². The molecule has 0 aliphatic rings. The van der Waals surface area contributed by atoms with Gasteiger partial charge in [-0.1, -0.05) is 11.6 Å². The fourth-order valence-electron chi connectivity index (χ4n) is 2.34. The first-order valence-corrected chi connectivity index (χ1v) is 6.87. The van der Waals surface area contributed by atoms with E-state index in [2.05, 4.69) is 15.3 Å². The van der Waals surface area contributed by atoms with E-state index in [9.17, 15) is 4.79 Å². The van der Waals surface area contributed by atoms with Crippen molar-refractivity contribution in [3.8, 4) is 5.75 Å². The number of aromatic nitrogens is 4. The highest BCUT2D eigenvalue weighted by Crippen LogP contribution is 2.31. The molecule has 0 aliphatic carbocycles. The Bertz CT molecular complexity index is 915. The average Bonchev–Trinajstić information content (AvgIpc) is 2.72. The van der Waals surface area contributed by atoms with Gasteiger partial charge in [-0.15, -0.1) is 0 Å². The zero-order valence-electron chi connectivity index (χ0n) is 12.3. The summed E-state index contributed by atoms with van der Waals surface area (Å²) >= 11 is 5.98. The van der Waals surface area contributed by atoms with Gasteiger partial charge in [0.25, 0.3) is 0 Å². The Morgan fingerprint density at radius 1 is 1.18 bits per heavy atom. The highest BCUT2D eigenvalue weighted by molar-refractivity contribution is 6.31. The molecule has 7 nitrogen and oxygen atoms in total. The number of fused-ring (bicyclic) bond motifs is 1. The summed E-state index contributed by atoms with van der Waals surface area (Å²) in [6, 6.07) is 5.59. The summed E-state index contributed by atoms with van der Waals surface area (Å²) in [5, 5.41) is 3.36. The van der Waals surface area contributed by atoms with Gasteiger partial charge < -0.3 is 10.1 Å². The quantitative estimate of drug-likeness (QED) is 0.748. The van der Waals surface area contributed by atoms with Crippen LogP contribution >= 0.6 is 11.6 Å². The summed E-state index contributed by atoms with van der Waals surface area (Å²) < 4.78 is 8.39. The molecule has 0 unspecified atom stereocenters. The molecule has 2 aromatic heterocycles. The van der Waals surface area contributed by atoms with Crippen LogP contribution in [0, 0.1) is 0 Å². The minimum Gasteiger partial charge on any atom is -0.490 e. The van der Waals surface area contributed by atoms with E-state index in [0.717, 1.165) is 16.7 Å². The maximum absolute atomic E-state index is 12.0. The number of hydrogen-bond donors (Lipinski definition) is 1. The van der Waals surface area contributed by atoms with Gasteiger partial charge in [-0.25, -0.2) is 14.8 Å². The number of imidazole rings is 1. The number of methoxy groups -OCH3 is 1. The Hall–Kier alpha value is -2.54. The second-order valence-corrected chi connectivity index (χ2v) is 5.13. The Morgan fingerprint density at radius 2 is 1.91 bits per heavy atom. The lowest BCUT2D eigenvalue weighted by molar-refractivity contribution is 0.413. The van der Waals surface area contributed by atoms with Crippen molar-refractivity contribution in [3.05, 3.63) is 40.2 Å². The number of ether oxygens (including phenoxy) is 1. The standard InChI is InChI=1S/C14H14ClN5O2/c1-19-9-5-4-8(6-10(9)20(2)14(19)21)18-13-11(22-3)12(15)16-7-17-13/h4-7H,1-3H3,(H,16,17,18). The molecule has 2 heterocycles. The summed E-state index contributed by atoms with van der Waals surface area (Å²) in [6.45, 7) is 0. The van der Waals surface area contributed by atoms with Gasteiger partial charge in [0, 0.05) is 19.8 Å². The number of halogens is 1. The molecule has 3 aromatic rings. The first-order chi connectivity index (χ1) is 10.5. The van der Waals surface area contributed by atoms with Crippen LogP contribution in [0.1, 0.15) is 0 Å². The SMILES string of the molecule is COc1c(Cl)ncnc1Nc1ccc2c(c1)n(C)c(=O)n2C. The molecule has 8 heteroatoms. The Balaban J connectivity index is 2.07. The van der Waals surface area contributed by atoms with Crippen LogP contribution in [0.25, 0.3) is 11.0 Å². The fourth-order valence-corrected chi connectivity index (χ4v) is 2.55. The molecule has 22 heavy (non-hydrogen) atoms. The van der Waals surface area contributed by atoms with Crippen molar-refractivity contribution in [3.63, 3.8) is 0 Å². The Kier molecular flexibility index (Phi) is 3.50. The third-order valence-corrected chi connectivity index (χ3v) is 3.77. The summed E-state index contributed by atoms with van der Waals surface area (Å²) in [7, 11) is 4.97. The fraction of sp³-hybridized carbons (Fsp3) is 0.214. The molecule has 1 aromatic carbocycles. The van der Waals surface area contributed by atoms with Crippen LogP contribution in [0.4, 0.5) is 11.5 Å². The lowest BCUT2D eigenvalue weighted by atomic mass is 10.2. The summed E-state index contributed by atoms with van der Waals surface area (Å²) in [5.41, 5.74) is 2.36. The largest absolute Gasteiger partial charge is 0.490 e. The predicted molar refractivity (Wildman–Crippen MR) is 85.0 cm³/mol. The Labute approximate surface area is 131 Å². The molecule has 0 fully saturated rings. The summed E-state index contributed by atoms with van der Waals surface area (Å²) in [4.78, 5) is 19.9. The number of rotatable bonds is 3. The lowest BCUT2D eigenvalue weighted by Crippen LogP contribution is -2.19. The van der Waals surface area contributed by atoms with Gasteiger partial charge in [-0.2, -0.15) is 0 Å². The maximum Gasteiger partial charge on any atom is 0.328 e. The molecule has 0 spiro atoms. The average molecular weight is 320 g/mol. The molecule has 0 aliphatic heterocycles. The van der Waals surface area contributed by atoms with Crippen LogP contribution in [-0.2, 0) is 14.1 Å². The van der Waals surface area contributed by atoms with E-state index in [1.54, 1.807) is 23.2 Å². The zero-order chi connectivity index (χ0) is 15.9. The van der Waals surface area contributed by atoms with E-state index in [4.69, 9.17) is 16.3 Å². The van der Waals surface area contributed by atoms with Crippen molar-refractivity contribution in [2.75, 3.05) is 12.4 Å². The van der Waals surface area contributed by atoms with Crippen LogP contribution < -0.4 is 15.7 Å². The number of anilines is 2. The first kappa shape index (κ1) is 14.4. The predicted octanol–water partition coefficient (Wildman–Crippen LogP) is 2.07. The summed E-state index contributed by atoms with van der Waals surface area (Å²) in [6.07, 6.45) is 1.35. The third-order valence-electron chi connectivity index (χ3n) is 3.50. The number of nitrogens with one attached hydrogen (secondary N) is 1. The van der Waals surface area contributed by atoms with Gasteiger partial charge in [0.2, 0.25) is 0 Å². The van der Waals surface area contributed by atoms with Crippen molar-refractivity contribution in [1.29, 1.82) is 0 Å². The van der Waals surface area contributed by atoms with Gasteiger partial charge in [0.05, 0.1) is 18.1 Å². The van der Waals surface area contributed by atoms with E-state index in [1.807, 2.05) is 18.2 Å². The molecule has 114 valence electrons. The van der Waals surface area contributed by atoms with Gasteiger partial charge in [0.15, 0.2) is 16.7 Å². The van der Waals surface area contributed by atoms with Crippen LogP contribution in [0.5, 0.6) is 5.75 Å². The molecule has 0 bridgehead atoms. The maximum atomic E-state index is 12.0. The number of aryl methyl sites for hydroxylation is 2. The van der Waals surface area contributed by atoms with Gasteiger partial charge in [-0.05, 0) is 18.2 Å². The first-order valence-electron chi connectivity index (χ1n) is 6.50. The van der Waals surface area contributed by atoms with E-state index in [-0.39, 0.29) is 10.8 Å². The van der Waals surface area contributed by atoms with Gasteiger partial charge >= 0.3 is 5.69 Å². The van der Waals surface area contributed by atoms with Crippen molar-refractivity contribution in [2.24, 2.45) is 14.1 Å². The molecule has 3 rings (SSSR count). The minimum atomic E-state index is -0.0742. The molecule has 0 atom stereocenters. The van der Waals surface area contributed by atoms with E-state index in [1.165, 1.54) is 13.4 Å². The van der Waals surface area contributed by atoms with Crippen LogP contribution in [0.15, 0.2) is 29.3 Å². The third kappa shape index (κ3) is 2.19. The number of nitrogens with zero attached hydrogens (tertiary/aromatic N) is 4. The zero-order valence-corrected chi connectivity index (χ0v) is 13.0. The smallest absolute Gasteiger partial charge is 0.328 e. The summed E-state index contributed by atoms with van der Waals surface area (Å²) in [5.74, 6) is 0.828.